The maximum atomic E-state index is 13.8. The van der Waals surface area contributed by atoms with Crippen LogP contribution >= 0.6 is 0 Å². The van der Waals surface area contributed by atoms with E-state index < -0.39 is 12.1 Å². The second-order valence-corrected chi connectivity index (χ2v) is 8.94. The number of hydrogen-bond donors (Lipinski definition) is 1. The number of likely N-dealkylation sites (tertiary alicyclic amines) is 1. The van der Waals surface area contributed by atoms with Gasteiger partial charge in [0.05, 0.1) is 0 Å². The van der Waals surface area contributed by atoms with Crippen LogP contribution in [-0.4, -0.2) is 51.0 Å². The van der Waals surface area contributed by atoms with Crippen LogP contribution in [0.4, 0.5) is 4.39 Å². The summed E-state index contributed by atoms with van der Waals surface area (Å²) >= 11 is 0. The molecule has 0 spiro atoms. The topological polar surface area (TPSA) is 92.6 Å². The average Bonchev–Trinajstić information content (AvgIpc) is 2.77. The Bertz CT molecular complexity index is 1220. The maximum Gasteiger partial charge on any atom is 0.303 e. The number of carbonyl (C=O) groups is 2. The Hall–Kier alpha value is -3.55. The van der Waals surface area contributed by atoms with Crippen LogP contribution in [0.2, 0.25) is 0 Å². The molecule has 8 heteroatoms. The Balaban J connectivity index is 1.54. The number of carboxylic acid groups (broad SMARTS) is 1. The van der Waals surface area contributed by atoms with E-state index in [1.807, 2.05) is 26.0 Å². The van der Waals surface area contributed by atoms with Crippen LogP contribution in [0.15, 0.2) is 36.5 Å². The van der Waals surface area contributed by atoms with Gasteiger partial charge in [0.1, 0.15) is 5.82 Å². The lowest BCUT2D eigenvalue weighted by Gasteiger charge is -2.33. The van der Waals surface area contributed by atoms with E-state index in [-0.39, 0.29) is 29.9 Å². The van der Waals surface area contributed by atoms with Gasteiger partial charge in [-0.05, 0) is 86.1 Å². The first kappa shape index (κ1) is 23.6. The summed E-state index contributed by atoms with van der Waals surface area (Å²) in [7, 11) is 0. The third kappa shape index (κ3) is 5.00. The van der Waals surface area contributed by atoms with Gasteiger partial charge < -0.3 is 14.7 Å². The second-order valence-electron chi connectivity index (χ2n) is 8.94. The number of carboxylic acids is 1. The van der Waals surface area contributed by atoms with Crippen LogP contribution in [0.25, 0.3) is 22.2 Å². The van der Waals surface area contributed by atoms with Gasteiger partial charge in [0.25, 0.3) is 5.91 Å². The van der Waals surface area contributed by atoms with Crippen molar-refractivity contribution in [2.45, 2.75) is 46.1 Å². The number of hydrogen-bond acceptors (Lipinski definition) is 5. The number of carbonyl (C=O) groups excluding carboxylic acids is 1. The molecule has 34 heavy (non-hydrogen) atoms. The smallest absolute Gasteiger partial charge is 0.303 e. The maximum absolute atomic E-state index is 13.8. The number of aromatic nitrogens is 2. The lowest BCUT2D eigenvalue weighted by atomic mass is 9.94. The van der Waals surface area contributed by atoms with Gasteiger partial charge in [-0.1, -0.05) is 0 Å². The zero-order valence-corrected chi connectivity index (χ0v) is 19.5. The van der Waals surface area contributed by atoms with Crippen LogP contribution in [-0.2, 0) is 9.59 Å². The van der Waals surface area contributed by atoms with Crippen molar-refractivity contribution in [2.24, 2.45) is 5.92 Å². The Kier molecular flexibility index (Phi) is 6.77. The number of amides is 1. The summed E-state index contributed by atoms with van der Waals surface area (Å²) in [6.45, 7) is 6.43. The molecule has 1 aromatic carbocycles. The molecule has 1 aliphatic rings. The fourth-order valence-corrected chi connectivity index (χ4v) is 4.80. The number of pyridine rings is 2. The predicted octanol–water partition coefficient (Wildman–Crippen LogP) is 4.53. The molecule has 0 unspecified atom stereocenters. The van der Waals surface area contributed by atoms with Gasteiger partial charge in [-0.15, -0.1) is 0 Å². The van der Waals surface area contributed by atoms with Gasteiger partial charge in [0.2, 0.25) is 5.88 Å². The first-order valence-corrected chi connectivity index (χ1v) is 11.4. The van der Waals surface area contributed by atoms with Gasteiger partial charge in [0, 0.05) is 37.2 Å². The third-order valence-electron chi connectivity index (χ3n) is 6.28. The highest BCUT2D eigenvalue weighted by Crippen LogP contribution is 2.33. The molecule has 178 valence electrons. The highest BCUT2D eigenvalue weighted by Gasteiger charge is 2.29. The SMILES string of the molecule is Cc1cc(F)cc(C)c1-c1ccnc2nc(O[C@H](C)C(=O)N3CCC[C@H](CC(=O)O)C3)ccc12. The normalized spacial score (nSPS) is 16.9. The molecule has 7 nitrogen and oxygen atoms in total. The molecule has 4 rings (SSSR count). The standard InChI is InChI=1S/C26H28FN3O4/c1-15-11-19(27)12-16(2)24(15)20-8-9-28-25-21(20)6-7-22(29-25)34-17(3)26(33)30-10-4-5-18(14-30)13-23(31)32/h6-9,11-12,17-18H,4-5,10,13-14H2,1-3H3,(H,31,32)/t17-,18-/m1/s1. The molecular formula is C26H28FN3O4. The molecule has 1 fully saturated rings. The largest absolute Gasteiger partial charge is 0.481 e. The number of aryl methyl sites for hydroxylation is 2. The summed E-state index contributed by atoms with van der Waals surface area (Å²) in [4.78, 5) is 34.5. The highest BCUT2D eigenvalue weighted by atomic mass is 19.1. The first-order valence-electron chi connectivity index (χ1n) is 11.4. The summed E-state index contributed by atoms with van der Waals surface area (Å²) < 4.78 is 19.6. The lowest BCUT2D eigenvalue weighted by molar-refractivity contribution is -0.143. The van der Waals surface area contributed by atoms with Gasteiger partial charge in [-0.25, -0.2) is 9.37 Å². The third-order valence-corrected chi connectivity index (χ3v) is 6.28. The Labute approximate surface area is 197 Å². The monoisotopic (exact) mass is 465 g/mol. The van der Waals surface area contributed by atoms with E-state index in [0.717, 1.165) is 40.5 Å². The fraction of sp³-hybridized carbons (Fsp3) is 0.385. The summed E-state index contributed by atoms with van der Waals surface area (Å²) in [6, 6.07) is 8.45. The summed E-state index contributed by atoms with van der Waals surface area (Å²) in [5, 5.41) is 9.86. The van der Waals surface area contributed by atoms with Crippen molar-refractivity contribution >= 4 is 22.9 Å². The lowest BCUT2D eigenvalue weighted by Crippen LogP contribution is -2.46. The number of aliphatic carboxylic acids is 1. The van der Waals surface area contributed by atoms with Crippen molar-refractivity contribution in [2.75, 3.05) is 13.1 Å². The molecule has 2 aromatic heterocycles. The zero-order valence-electron chi connectivity index (χ0n) is 19.5. The Morgan fingerprint density at radius 3 is 2.68 bits per heavy atom. The molecule has 1 aliphatic heterocycles. The first-order chi connectivity index (χ1) is 16.2. The van der Waals surface area contributed by atoms with Crippen LogP contribution in [0, 0.1) is 25.6 Å². The summed E-state index contributed by atoms with van der Waals surface area (Å²) in [5.74, 6) is -1.06. The van der Waals surface area contributed by atoms with Crippen molar-refractivity contribution < 1.29 is 23.8 Å². The molecule has 1 amide bonds. The number of fused-ring (bicyclic) bond motifs is 1. The van der Waals surface area contributed by atoms with Crippen molar-refractivity contribution in [1.29, 1.82) is 0 Å². The van der Waals surface area contributed by atoms with Crippen molar-refractivity contribution in [3.63, 3.8) is 0 Å². The Morgan fingerprint density at radius 1 is 1.24 bits per heavy atom. The number of piperidine rings is 1. The van der Waals surface area contributed by atoms with Crippen LogP contribution in [0.5, 0.6) is 5.88 Å². The number of benzene rings is 1. The highest BCUT2D eigenvalue weighted by molar-refractivity contribution is 5.94. The number of nitrogens with zero attached hydrogens (tertiary/aromatic N) is 3. The van der Waals surface area contributed by atoms with Gasteiger partial charge >= 0.3 is 5.97 Å². The van der Waals surface area contributed by atoms with E-state index in [1.54, 1.807) is 24.1 Å². The minimum atomic E-state index is -0.846. The van der Waals surface area contributed by atoms with E-state index >= 15 is 0 Å². The molecule has 0 aliphatic carbocycles. The molecule has 0 bridgehead atoms. The number of halogens is 1. The molecule has 1 N–H and O–H groups in total. The minimum absolute atomic E-state index is 0.0396. The van der Waals surface area contributed by atoms with Crippen molar-refractivity contribution in [3.8, 4) is 17.0 Å². The predicted molar refractivity (Wildman–Crippen MR) is 126 cm³/mol. The summed E-state index contributed by atoms with van der Waals surface area (Å²) in [5.41, 5.74) is 3.96. The molecule has 0 radical (unpaired) electrons. The average molecular weight is 466 g/mol. The van der Waals surface area contributed by atoms with Crippen LogP contribution in [0.1, 0.15) is 37.3 Å². The minimum Gasteiger partial charge on any atom is -0.481 e. The Morgan fingerprint density at radius 2 is 1.97 bits per heavy atom. The van der Waals surface area contributed by atoms with E-state index in [0.29, 0.717) is 18.7 Å². The van der Waals surface area contributed by atoms with E-state index in [4.69, 9.17) is 9.84 Å². The zero-order chi connectivity index (χ0) is 24.4. The van der Waals surface area contributed by atoms with Crippen LogP contribution in [0.3, 0.4) is 0 Å². The molecule has 2 atom stereocenters. The van der Waals surface area contributed by atoms with Crippen LogP contribution < -0.4 is 4.74 Å². The van der Waals surface area contributed by atoms with E-state index in [2.05, 4.69) is 9.97 Å². The van der Waals surface area contributed by atoms with Crippen molar-refractivity contribution in [1.82, 2.24) is 14.9 Å². The number of ether oxygens (including phenoxy) is 1. The van der Waals surface area contributed by atoms with Gasteiger partial charge in [-0.2, -0.15) is 4.98 Å². The van der Waals surface area contributed by atoms with Gasteiger partial charge in [-0.3, -0.25) is 9.59 Å². The summed E-state index contributed by atoms with van der Waals surface area (Å²) in [6.07, 6.45) is 2.53. The van der Waals surface area contributed by atoms with Crippen molar-refractivity contribution in [3.05, 3.63) is 53.5 Å². The fourth-order valence-electron chi connectivity index (χ4n) is 4.80. The van der Waals surface area contributed by atoms with E-state index in [1.165, 1.54) is 12.1 Å². The molecule has 1 saturated heterocycles. The van der Waals surface area contributed by atoms with Gasteiger partial charge in [0.15, 0.2) is 11.8 Å². The molecule has 0 saturated carbocycles. The molecular weight excluding hydrogens is 437 g/mol. The molecule has 3 aromatic rings. The van der Waals surface area contributed by atoms with E-state index in [9.17, 15) is 14.0 Å². The second kappa shape index (κ2) is 9.75. The molecule has 3 heterocycles. The quantitative estimate of drug-likeness (QED) is 0.575. The number of rotatable bonds is 6.